The fourth-order valence-electron chi connectivity index (χ4n) is 3.54. The Kier molecular flexibility index (Phi) is 4.44. The maximum atomic E-state index is 9.36. The molecule has 0 aliphatic carbocycles. The van der Waals surface area contributed by atoms with Crippen molar-refractivity contribution >= 4 is 22.1 Å². The first-order chi connectivity index (χ1) is 12.3. The SMILES string of the molecule is CCN1CCc2sccc2C(Oc2ccc(C#N)c3ccccc23)C1. The highest BCUT2D eigenvalue weighted by Crippen LogP contribution is 2.35. The van der Waals surface area contributed by atoms with Gasteiger partial charge in [-0.05, 0) is 36.5 Å². The number of ether oxygens (including phenoxy) is 1. The summed E-state index contributed by atoms with van der Waals surface area (Å²) in [7, 11) is 0. The molecule has 2 aromatic carbocycles. The molecule has 1 aliphatic heterocycles. The van der Waals surface area contributed by atoms with Crippen molar-refractivity contribution in [2.75, 3.05) is 19.6 Å². The molecule has 1 unspecified atom stereocenters. The van der Waals surface area contributed by atoms with Gasteiger partial charge in [-0.1, -0.05) is 31.2 Å². The lowest BCUT2D eigenvalue weighted by Gasteiger charge is -2.24. The van der Waals surface area contributed by atoms with E-state index >= 15 is 0 Å². The van der Waals surface area contributed by atoms with Crippen molar-refractivity contribution in [3.8, 4) is 11.8 Å². The maximum Gasteiger partial charge on any atom is 0.137 e. The number of nitrogens with zero attached hydrogens (tertiary/aromatic N) is 2. The summed E-state index contributed by atoms with van der Waals surface area (Å²) in [6.45, 7) is 5.21. The third kappa shape index (κ3) is 3.02. The van der Waals surface area contributed by atoms with E-state index in [1.807, 2.05) is 47.7 Å². The molecule has 0 saturated carbocycles. The molecule has 2 heterocycles. The number of nitriles is 1. The molecule has 0 spiro atoms. The summed E-state index contributed by atoms with van der Waals surface area (Å²) in [5, 5.41) is 13.5. The lowest BCUT2D eigenvalue weighted by molar-refractivity contribution is 0.146. The number of rotatable bonds is 3. The minimum atomic E-state index is 0.0278. The zero-order valence-corrected chi connectivity index (χ0v) is 15.1. The number of benzene rings is 2. The van der Waals surface area contributed by atoms with Crippen LogP contribution in [0.5, 0.6) is 5.75 Å². The van der Waals surface area contributed by atoms with Crippen LogP contribution in [-0.4, -0.2) is 24.5 Å². The van der Waals surface area contributed by atoms with E-state index in [1.54, 1.807) is 0 Å². The molecule has 4 heteroatoms. The smallest absolute Gasteiger partial charge is 0.137 e. The highest BCUT2D eigenvalue weighted by Gasteiger charge is 2.25. The second-order valence-electron chi connectivity index (χ2n) is 6.32. The van der Waals surface area contributed by atoms with Crippen LogP contribution in [0, 0.1) is 11.3 Å². The standard InChI is InChI=1S/C21H20N2OS/c1-2-23-11-9-21-18(10-12-25-21)20(14-23)24-19-8-7-15(13-22)16-5-3-4-6-17(16)19/h3-8,10,12,20H,2,9,11,14H2,1H3. The predicted molar refractivity (Wildman–Crippen MR) is 102 cm³/mol. The van der Waals surface area contributed by atoms with Crippen LogP contribution in [0.4, 0.5) is 0 Å². The quantitative estimate of drug-likeness (QED) is 0.684. The molecule has 0 amide bonds. The molecular weight excluding hydrogens is 328 g/mol. The number of likely N-dealkylation sites (N-methyl/N-ethyl adjacent to an activating group) is 1. The molecule has 1 aromatic heterocycles. The zero-order valence-electron chi connectivity index (χ0n) is 14.2. The van der Waals surface area contributed by atoms with E-state index in [1.165, 1.54) is 10.4 Å². The van der Waals surface area contributed by atoms with E-state index < -0.39 is 0 Å². The summed E-state index contributed by atoms with van der Waals surface area (Å²) in [4.78, 5) is 3.88. The van der Waals surface area contributed by atoms with Crippen molar-refractivity contribution in [2.24, 2.45) is 0 Å². The van der Waals surface area contributed by atoms with Gasteiger partial charge < -0.3 is 4.74 Å². The highest BCUT2D eigenvalue weighted by atomic mass is 32.1. The van der Waals surface area contributed by atoms with Crippen LogP contribution in [-0.2, 0) is 6.42 Å². The van der Waals surface area contributed by atoms with Crippen LogP contribution < -0.4 is 4.74 Å². The van der Waals surface area contributed by atoms with E-state index in [4.69, 9.17) is 4.74 Å². The average Bonchev–Trinajstić information content (AvgIpc) is 3.06. The van der Waals surface area contributed by atoms with Gasteiger partial charge in [0.25, 0.3) is 0 Å². The Morgan fingerprint density at radius 1 is 1.20 bits per heavy atom. The minimum absolute atomic E-state index is 0.0278. The fourth-order valence-corrected chi connectivity index (χ4v) is 4.46. The molecule has 0 saturated heterocycles. The van der Waals surface area contributed by atoms with Gasteiger partial charge in [-0.25, -0.2) is 0 Å². The molecule has 0 bridgehead atoms. The summed E-state index contributed by atoms with van der Waals surface area (Å²) in [6, 6.07) is 16.3. The highest BCUT2D eigenvalue weighted by molar-refractivity contribution is 7.10. The molecule has 126 valence electrons. The molecule has 25 heavy (non-hydrogen) atoms. The molecule has 1 atom stereocenters. The van der Waals surface area contributed by atoms with Crippen LogP contribution in [0.15, 0.2) is 47.8 Å². The second-order valence-corrected chi connectivity index (χ2v) is 7.32. The normalized spacial score (nSPS) is 17.7. The monoisotopic (exact) mass is 348 g/mol. The molecule has 3 nitrogen and oxygen atoms in total. The Labute approximate surface area is 152 Å². The first-order valence-electron chi connectivity index (χ1n) is 8.67. The van der Waals surface area contributed by atoms with Gasteiger partial charge in [-0.2, -0.15) is 5.26 Å². The summed E-state index contributed by atoms with van der Waals surface area (Å²) in [6.07, 6.45) is 1.12. The van der Waals surface area contributed by atoms with E-state index in [2.05, 4.69) is 29.3 Å². The largest absolute Gasteiger partial charge is 0.484 e. The maximum absolute atomic E-state index is 9.36. The summed E-state index contributed by atoms with van der Waals surface area (Å²) in [5.74, 6) is 0.856. The van der Waals surface area contributed by atoms with Crippen LogP contribution in [0.1, 0.15) is 29.0 Å². The average molecular weight is 348 g/mol. The van der Waals surface area contributed by atoms with E-state index in [9.17, 15) is 5.26 Å². The van der Waals surface area contributed by atoms with Gasteiger partial charge in [0.15, 0.2) is 0 Å². The Hall–Kier alpha value is -2.35. The van der Waals surface area contributed by atoms with E-state index in [0.717, 1.165) is 42.6 Å². The Bertz CT molecular complexity index is 940. The molecule has 0 N–H and O–H groups in total. The lowest BCUT2D eigenvalue weighted by Crippen LogP contribution is -2.30. The molecule has 1 aliphatic rings. The van der Waals surface area contributed by atoms with Gasteiger partial charge >= 0.3 is 0 Å². The first-order valence-corrected chi connectivity index (χ1v) is 9.55. The predicted octanol–water partition coefficient (Wildman–Crippen LogP) is 4.77. The van der Waals surface area contributed by atoms with E-state index in [0.29, 0.717) is 5.56 Å². The second kappa shape index (κ2) is 6.87. The summed E-state index contributed by atoms with van der Waals surface area (Å²) >= 11 is 1.83. The fraction of sp³-hybridized carbons (Fsp3) is 0.286. The first kappa shape index (κ1) is 16.1. The van der Waals surface area contributed by atoms with Gasteiger partial charge in [-0.15, -0.1) is 11.3 Å². The van der Waals surface area contributed by atoms with Crippen LogP contribution >= 0.6 is 11.3 Å². The van der Waals surface area contributed by atoms with Crippen LogP contribution in [0.25, 0.3) is 10.8 Å². The van der Waals surface area contributed by atoms with Crippen molar-refractivity contribution in [3.05, 3.63) is 63.8 Å². The van der Waals surface area contributed by atoms with Crippen LogP contribution in [0.2, 0.25) is 0 Å². The number of hydrogen-bond acceptors (Lipinski definition) is 4. The van der Waals surface area contributed by atoms with Gasteiger partial charge in [0.2, 0.25) is 0 Å². The van der Waals surface area contributed by atoms with Crippen molar-refractivity contribution < 1.29 is 4.74 Å². The Morgan fingerprint density at radius 2 is 2.04 bits per heavy atom. The van der Waals surface area contributed by atoms with Crippen molar-refractivity contribution in [3.63, 3.8) is 0 Å². The number of hydrogen-bond donors (Lipinski definition) is 0. The molecular formula is C21H20N2OS. The van der Waals surface area contributed by atoms with Crippen LogP contribution in [0.3, 0.4) is 0 Å². The molecule has 4 rings (SSSR count). The Balaban J connectivity index is 1.75. The number of thiophene rings is 1. The third-order valence-corrected chi connectivity index (χ3v) is 5.92. The molecule has 0 radical (unpaired) electrons. The zero-order chi connectivity index (χ0) is 17.2. The van der Waals surface area contributed by atoms with E-state index in [-0.39, 0.29) is 6.10 Å². The topological polar surface area (TPSA) is 36.3 Å². The van der Waals surface area contributed by atoms with Gasteiger partial charge in [0.1, 0.15) is 11.9 Å². The van der Waals surface area contributed by atoms with Crippen molar-refractivity contribution in [1.29, 1.82) is 5.26 Å². The number of fused-ring (bicyclic) bond motifs is 2. The van der Waals surface area contributed by atoms with Crippen molar-refractivity contribution in [2.45, 2.75) is 19.4 Å². The Morgan fingerprint density at radius 3 is 2.84 bits per heavy atom. The van der Waals surface area contributed by atoms with Gasteiger partial charge in [-0.3, -0.25) is 4.90 Å². The lowest BCUT2D eigenvalue weighted by atomic mass is 10.0. The minimum Gasteiger partial charge on any atom is -0.484 e. The summed E-state index contributed by atoms with van der Waals surface area (Å²) < 4.78 is 6.52. The van der Waals surface area contributed by atoms with Gasteiger partial charge in [0.05, 0.1) is 11.6 Å². The summed E-state index contributed by atoms with van der Waals surface area (Å²) in [5.41, 5.74) is 2.00. The van der Waals surface area contributed by atoms with Gasteiger partial charge in [0, 0.05) is 34.3 Å². The third-order valence-electron chi connectivity index (χ3n) is 4.93. The molecule has 0 fully saturated rings. The van der Waals surface area contributed by atoms with Crippen molar-refractivity contribution in [1.82, 2.24) is 4.90 Å². The molecule has 3 aromatic rings.